The molecule has 1 aliphatic rings. The summed E-state index contributed by atoms with van der Waals surface area (Å²) in [6.07, 6.45) is 4.00. The molecule has 28 heavy (non-hydrogen) atoms. The number of halogens is 1. The van der Waals surface area contributed by atoms with Crippen LogP contribution in [-0.2, 0) is 11.3 Å². The van der Waals surface area contributed by atoms with Gasteiger partial charge in [-0.25, -0.2) is 4.98 Å². The lowest BCUT2D eigenvalue weighted by Gasteiger charge is -2.34. The van der Waals surface area contributed by atoms with Gasteiger partial charge in [0.25, 0.3) is 0 Å². The number of benzene rings is 2. The lowest BCUT2D eigenvalue weighted by molar-refractivity contribution is -0.0154. The van der Waals surface area contributed by atoms with Crippen molar-refractivity contribution < 1.29 is 4.74 Å². The summed E-state index contributed by atoms with van der Waals surface area (Å²) in [4.78, 5) is 13.9. The van der Waals surface area contributed by atoms with Gasteiger partial charge in [0.2, 0.25) is 0 Å². The van der Waals surface area contributed by atoms with E-state index in [1.54, 1.807) is 0 Å². The number of imidazole rings is 1. The van der Waals surface area contributed by atoms with E-state index in [0.717, 1.165) is 41.8 Å². The first-order chi connectivity index (χ1) is 13.8. The number of aromatic amines is 2. The van der Waals surface area contributed by atoms with Crippen molar-refractivity contribution in [2.75, 3.05) is 19.8 Å². The van der Waals surface area contributed by atoms with Crippen LogP contribution in [0.3, 0.4) is 0 Å². The molecule has 0 amide bonds. The van der Waals surface area contributed by atoms with E-state index in [1.165, 1.54) is 16.5 Å². The Balaban J connectivity index is 1.41. The van der Waals surface area contributed by atoms with Gasteiger partial charge in [0, 0.05) is 35.2 Å². The molecule has 0 saturated carbocycles. The van der Waals surface area contributed by atoms with E-state index in [4.69, 9.17) is 16.3 Å². The number of hydrogen-bond acceptors (Lipinski definition) is 3. The standard InChI is InChI=1S/C22H21ClN4O/c23-17-7-5-15(6-8-17)20-12-25-22(26-20)21-14-28-10-9-27(21)13-16-11-24-19-4-2-1-3-18(16)19/h1-8,11-12,21,24H,9-10,13-14H2,(H,25,26)/t21-/m0/s1. The lowest BCUT2D eigenvalue weighted by Crippen LogP contribution is -2.39. The average molecular weight is 393 g/mol. The summed E-state index contributed by atoms with van der Waals surface area (Å²) in [6, 6.07) is 16.3. The number of nitrogens with one attached hydrogen (secondary N) is 2. The number of rotatable bonds is 4. The van der Waals surface area contributed by atoms with E-state index in [-0.39, 0.29) is 6.04 Å². The molecule has 3 heterocycles. The summed E-state index contributed by atoms with van der Waals surface area (Å²) in [5.41, 5.74) is 4.53. The van der Waals surface area contributed by atoms with Crippen LogP contribution < -0.4 is 0 Å². The van der Waals surface area contributed by atoms with Gasteiger partial charge in [-0.1, -0.05) is 41.9 Å². The zero-order valence-electron chi connectivity index (χ0n) is 15.4. The Kier molecular flexibility index (Phi) is 4.64. The fraction of sp³-hybridized carbons (Fsp3) is 0.227. The molecule has 0 bridgehead atoms. The van der Waals surface area contributed by atoms with Gasteiger partial charge in [-0.3, -0.25) is 4.90 Å². The van der Waals surface area contributed by atoms with Crippen LogP contribution in [0.2, 0.25) is 5.02 Å². The zero-order chi connectivity index (χ0) is 18.9. The van der Waals surface area contributed by atoms with Crippen molar-refractivity contribution in [1.29, 1.82) is 0 Å². The first kappa shape index (κ1) is 17.5. The van der Waals surface area contributed by atoms with Gasteiger partial charge in [0.15, 0.2) is 0 Å². The summed E-state index contributed by atoms with van der Waals surface area (Å²) >= 11 is 6.00. The van der Waals surface area contributed by atoms with Crippen molar-refractivity contribution >= 4 is 22.5 Å². The number of aromatic nitrogens is 3. The molecule has 142 valence electrons. The topological polar surface area (TPSA) is 56.9 Å². The van der Waals surface area contributed by atoms with Crippen LogP contribution in [0.15, 0.2) is 60.9 Å². The fourth-order valence-corrected chi connectivity index (χ4v) is 3.97. The highest BCUT2D eigenvalue weighted by molar-refractivity contribution is 6.30. The van der Waals surface area contributed by atoms with Crippen molar-refractivity contribution in [3.05, 3.63) is 77.3 Å². The Morgan fingerprint density at radius 1 is 1.14 bits per heavy atom. The maximum absolute atomic E-state index is 6.00. The number of morpholine rings is 1. The number of hydrogen-bond donors (Lipinski definition) is 2. The van der Waals surface area contributed by atoms with Crippen LogP contribution in [0, 0.1) is 0 Å². The van der Waals surface area contributed by atoms with Crippen molar-refractivity contribution in [2.24, 2.45) is 0 Å². The smallest absolute Gasteiger partial charge is 0.126 e. The van der Waals surface area contributed by atoms with Crippen LogP contribution in [0.5, 0.6) is 0 Å². The lowest BCUT2D eigenvalue weighted by atomic mass is 10.1. The molecule has 2 N–H and O–H groups in total. The maximum atomic E-state index is 6.00. The minimum absolute atomic E-state index is 0.100. The molecular formula is C22H21ClN4O. The van der Waals surface area contributed by atoms with Gasteiger partial charge >= 0.3 is 0 Å². The molecule has 0 aliphatic carbocycles. The summed E-state index contributed by atoms with van der Waals surface area (Å²) in [6.45, 7) is 3.11. The number of fused-ring (bicyclic) bond motifs is 1. The SMILES string of the molecule is Clc1ccc(-c2cnc([C@@H]3COCCN3Cc3c[nH]c4ccccc34)[nH]2)cc1. The summed E-state index contributed by atoms with van der Waals surface area (Å²) in [5.74, 6) is 0.935. The molecule has 1 atom stereocenters. The minimum atomic E-state index is 0.100. The molecular weight excluding hydrogens is 372 g/mol. The monoisotopic (exact) mass is 392 g/mol. The van der Waals surface area contributed by atoms with Gasteiger partial charge in [-0.05, 0) is 29.3 Å². The quantitative estimate of drug-likeness (QED) is 0.525. The maximum Gasteiger partial charge on any atom is 0.126 e. The van der Waals surface area contributed by atoms with Crippen molar-refractivity contribution in [3.8, 4) is 11.3 Å². The second-order valence-electron chi connectivity index (χ2n) is 7.11. The summed E-state index contributed by atoms with van der Waals surface area (Å²) in [7, 11) is 0. The molecule has 6 heteroatoms. The minimum Gasteiger partial charge on any atom is -0.378 e. The normalized spacial score (nSPS) is 18.0. The van der Waals surface area contributed by atoms with E-state index in [2.05, 4.69) is 50.3 Å². The predicted octanol–water partition coefficient (Wildman–Crippen LogP) is 4.78. The van der Waals surface area contributed by atoms with E-state index in [1.807, 2.05) is 30.5 Å². The van der Waals surface area contributed by atoms with Crippen molar-refractivity contribution in [2.45, 2.75) is 12.6 Å². The largest absolute Gasteiger partial charge is 0.378 e. The van der Waals surface area contributed by atoms with E-state index in [0.29, 0.717) is 6.61 Å². The van der Waals surface area contributed by atoms with Crippen LogP contribution in [0.4, 0.5) is 0 Å². The third kappa shape index (κ3) is 3.33. The Morgan fingerprint density at radius 2 is 2.00 bits per heavy atom. The Labute approximate surface area is 168 Å². The molecule has 5 nitrogen and oxygen atoms in total. The molecule has 2 aromatic heterocycles. The number of para-hydroxylation sites is 1. The molecule has 1 saturated heterocycles. The number of nitrogens with zero attached hydrogens (tertiary/aromatic N) is 2. The van der Waals surface area contributed by atoms with Gasteiger partial charge in [0.05, 0.1) is 31.1 Å². The van der Waals surface area contributed by atoms with Crippen LogP contribution in [0.1, 0.15) is 17.4 Å². The first-order valence-electron chi connectivity index (χ1n) is 9.45. The van der Waals surface area contributed by atoms with Gasteiger partial charge in [-0.2, -0.15) is 0 Å². The van der Waals surface area contributed by atoms with Crippen molar-refractivity contribution in [1.82, 2.24) is 19.9 Å². The molecule has 0 spiro atoms. The third-order valence-corrected chi connectivity index (χ3v) is 5.61. The predicted molar refractivity (Wildman–Crippen MR) is 111 cm³/mol. The van der Waals surface area contributed by atoms with Crippen LogP contribution in [0.25, 0.3) is 22.2 Å². The number of H-pyrrole nitrogens is 2. The summed E-state index contributed by atoms with van der Waals surface area (Å²) in [5, 5.41) is 2.00. The van der Waals surface area contributed by atoms with Gasteiger partial charge in [0.1, 0.15) is 5.82 Å². The molecule has 4 aromatic rings. The van der Waals surface area contributed by atoms with E-state index < -0.39 is 0 Å². The molecule has 5 rings (SSSR count). The molecule has 2 aromatic carbocycles. The number of ether oxygens (including phenoxy) is 1. The molecule has 0 unspecified atom stereocenters. The molecule has 1 aliphatic heterocycles. The van der Waals surface area contributed by atoms with Gasteiger partial charge < -0.3 is 14.7 Å². The highest BCUT2D eigenvalue weighted by atomic mass is 35.5. The highest BCUT2D eigenvalue weighted by Gasteiger charge is 2.27. The third-order valence-electron chi connectivity index (χ3n) is 5.35. The Bertz CT molecular complexity index is 1090. The molecule has 1 fully saturated rings. The van der Waals surface area contributed by atoms with E-state index in [9.17, 15) is 0 Å². The average Bonchev–Trinajstić information content (AvgIpc) is 3.37. The van der Waals surface area contributed by atoms with Crippen molar-refractivity contribution in [3.63, 3.8) is 0 Å². The van der Waals surface area contributed by atoms with Gasteiger partial charge in [-0.15, -0.1) is 0 Å². The van der Waals surface area contributed by atoms with E-state index >= 15 is 0 Å². The Hall–Kier alpha value is -2.60. The second kappa shape index (κ2) is 7.43. The summed E-state index contributed by atoms with van der Waals surface area (Å²) < 4.78 is 5.78. The Morgan fingerprint density at radius 3 is 2.89 bits per heavy atom. The fourth-order valence-electron chi connectivity index (χ4n) is 3.84. The molecule has 0 radical (unpaired) electrons. The first-order valence-corrected chi connectivity index (χ1v) is 9.83. The van der Waals surface area contributed by atoms with Crippen LogP contribution >= 0.6 is 11.6 Å². The highest BCUT2D eigenvalue weighted by Crippen LogP contribution is 2.28. The second-order valence-corrected chi connectivity index (χ2v) is 7.55. The zero-order valence-corrected chi connectivity index (χ0v) is 16.1. The van der Waals surface area contributed by atoms with Crippen LogP contribution in [-0.4, -0.2) is 39.6 Å².